The van der Waals surface area contributed by atoms with Crippen molar-refractivity contribution in [1.29, 1.82) is 0 Å². The summed E-state index contributed by atoms with van der Waals surface area (Å²) in [6.07, 6.45) is 3.39. The molecule has 0 saturated carbocycles. The summed E-state index contributed by atoms with van der Waals surface area (Å²) in [5.74, 6) is -0.783. The van der Waals surface area contributed by atoms with E-state index < -0.39 is 18.5 Å². The first-order valence-electron chi connectivity index (χ1n) is 10.8. The van der Waals surface area contributed by atoms with Gasteiger partial charge >= 0.3 is 5.97 Å². The van der Waals surface area contributed by atoms with E-state index in [4.69, 9.17) is 9.72 Å². The number of phenols is 1. The Balaban J connectivity index is 1.44. The topological polar surface area (TPSA) is 101 Å². The van der Waals surface area contributed by atoms with E-state index in [1.807, 2.05) is 54.8 Å². The van der Waals surface area contributed by atoms with E-state index in [0.717, 1.165) is 34.5 Å². The summed E-state index contributed by atoms with van der Waals surface area (Å²) in [6, 6.07) is 14.4. The quantitative estimate of drug-likeness (QED) is 0.398. The van der Waals surface area contributed by atoms with Crippen LogP contribution in [0.25, 0.3) is 22.6 Å². The molecule has 8 heteroatoms. The Kier molecular flexibility index (Phi) is 5.81. The van der Waals surface area contributed by atoms with E-state index >= 15 is 0 Å². The molecule has 1 amide bonds. The van der Waals surface area contributed by atoms with Crippen LogP contribution in [0, 0.1) is 6.92 Å². The number of fused-ring (bicyclic) bond motifs is 2. The molecule has 0 spiro atoms. The van der Waals surface area contributed by atoms with Crippen molar-refractivity contribution in [2.45, 2.75) is 19.8 Å². The third-order valence-corrected chi connectivity index (χ3v) is 6.46. The second-order valence-electron chi connectivity index (χ2n) is 8.01. The van der Waals surface area contributed by atoms with Crippen LogP contribution in [-0.2, 0) is 16.0 Å². The van der Waals surface area contributed by atoms with E-state index in [9.17, 15) is 14.7 Å². The van der Waals surface area contributed by atoms with Gasteiger partial charge in [-0.1, -0.05) is 30.3 Å². The van der Waals surface area contributed by atoms with Crippen molar-refractivity contribution >= 4 is 50.9 Å². The van der Waals surface area contributed by atoms with Crippen LogP contribution < -0.4 is 5.32 Å². The van der Waals surface area contributed by atoms with E-state index in [-0.39, 0.29) is 5.75 Å². The molecule has 170 valence electrons. The molecule has 4 aromatic rings. The lowest BCUT2D eigenvalue weighted by Gasteiger charge is -2.12. The molecule has 34 heavy (non-hydrogen) atoms. The molecule has 7 nitrogen and oxygen atoms in total. The van der Waals surface area contributed by atoms with Gasteiger partial charge in [0.2, 0.25) is 0 Å². The number of benzene rings is 2. The van der Waals surface area contributed by atoms with Gasteiger partial charge in [0.05, 0.1) is 22.5 Å². The van der Waals surface area contributed by atoms with Gasteiger partial charge in [-0.2, -0.15) is 0 Å². The first-order valence-corrected chi connectivity index (χ1v) is 11.7. The number of aryl methyl sites for hydroxylation is 1. The van der Waals surface area contributed by atoms with Gasteiger partial charge in [-0.25, -0.2) is 14.8 Å². The minimum Gasteiger partial charge on any atom is -0.508 e. The number of hydrogen-bond acceptors (Lipinski definition) is 7. The van der Waals surface area contributed by atoms with Crippen molar-refractivity contribution in [3.05, 3.63) is 82.0 Å². The van der Waals surface area contributed by atoms with Crippen LogP contribution in [0.1, 0.15) is 39.3 Å². The number of thiazole rings is 1. The SMILES string of the molecule is Cc1csc(NC(=O)COC(=O)c2c3c(nc4ccccc24)/C(=C/c2ccc(O)cc2)CC3)n1. The lowest BCUT2D eigenvalue weighted by molar-refractivity contribution is -0.119. The zero-order valence-corrected chi connectivity index (χ0v) is 19.2. The molecular formula is C26H21N3O4S. The van der Waals surface area contributed by atoms with Crippen LogP contribution in [0.3, 0.4) is 0 Å². The van der Waals surface area contributed by atoms with Crippen molar-refractivity contribution in [3.63, 3.8) is 0 Å². The summed E-state index contributed by atoms with van der Waals surface area (Å²) >= 11 is 1.32. The van der Waals surface area contributed by atoms with E-state index in [1.165, 1.54) is 11.3 Å². The van der Waals surface area contributed by atoms with Gasteiger partial charge in [0.15, 0.2) is 11.7 Å². The van der Waals surface area contributed by atoms with Gasteiger partial charge in [-0.3, -0.25) is 10.1 Å². The summed E-state index contributed by atoms with van der Waals surface area (Å²) in [7, 11) is 0. The van der Waals surface area contributed by atoms with Crippen LogP contribution in [0.4, 0.5) is 5.13 Å². The maximum atomic E-state index is 13.2. The summed E-state index contributed by atoms with van der Waals surface area (Å²) in [4.78, 5) is 34.5. The molecule has 1 aliphatic carbocycles. The van der Waals surface area contributed by atoms with Crippen LogP contribution in [0.5, 0.6) is 5.75 Å². The third-order valence-electron chi connectivity index (χ3n) is 5.58. The Morgan fingerprint density at radius 3 is 2.68 bits per heavy atom. The number of carbonyl (C=O) groups excluding carboxylic acids is 2. The van der Waals surface area contributed by atoms with Gasteiger partial charge < -0.3 is 9.84 Å². The molecule has 0 bridgehead atoms. The van der Waals surface area contributed by atoms with Crippen molar-refractivity contribution in [2.24, 2.45) is 0 Å². The van der Waals surface area contributed by atoms with E-state index in [2.05, 4.69) is 10.3 Å². The van der Waals surface area contributed by atoms with Gasteiger partial charge in [0.1, 0.15) is 5.75 Å². The summed E-state index contributed by atoms with van der Waals surface area (Å²) < 4.78 is 5.42. The minimum absolute atomic E-state index is 0.206. The first-order chi connectivity index (χ1) is 16.5. The normalized spacial score (nSPS) is 13.7. The highest BCUT2D eigenvalue weighted by molar-refractivity contribution is 7.13. The number of para-hydroxylation sites is 1. The van der Waals surface area contributed by atoms with Crippen molar-refractivity contribution in [2.75, 3.05) is 11.9 Å². The van der Waals surface area contributed by atoms with Crippen molar-refractivity contribution in [3.8, 4) is 5.75 Å². The number of allylic oxidation sites excluding steroid dienone is 1. The Labute approximate surface area is 199 Å². The molecule has 0 radical (unpaired) electrons. The average molecular weight is 472 g/mol. The molecule has 5 rings (SSSR count). The fourth-order valence-corrected chi connectivity index (χ4v) is 4.76. The highest BCUT2D eigenvalue weighted by Crippen LogP contribution is 2.38. The number of nitrogens with zero attached hydrogens (tertiary/aromatic N) is 2. The number of hydrogen-bond donors (Lipinski definition) is 2. The second-order valence-corrected chi connectivity index (χ2v) is 8.87. The zero-order valence-electron chi connectivity index (χ0n) is 18.4. The van der Waals surface area contributed by atoms with Crippen LogP contribution >= 0.6 is 11.3 Å². The molecule has 2 aromatic heterocycles. The third kappa shape index (κ3) is 4.40. The minimum atomic E-state index is -0.550. The maximum absolute atomic E-state index is 13.2. The maximum Gasteiger partial charge on any atom is 0.339 e. The standard InChI is InChI=1S/C26H21N3O4S/c1-15-14-34-26(27-15)29-22(31)13-33-25(32)23-19-4-2-3-5-21(19)28-24-17(8-11-20(23)24)12-16-6-9-18(30)10-7-16/h2-7,9-10,12,14,30H,8,11,13H2,1H3,(H,27,29,31)/b17-12+. The van der Waals surface area contributed by atoms with Crippen LogP contribution in [-0.4, -0.2) is 33.6 Å². The second kappa shape index (κ2) is 9.07. The number of nitrogens with one attached hydrogen (secondary N) is 1. The lowest BCUT2D eigenvalue weighted by atomic mass is 10.0. The molecule has 0 aliphatic heterocycles. The number of aromatic nitrogens is 2. The molecule has 0 unspecified atom stereocenters. The molecule has 2 aromatic carbocycles. The van der Waals surface area contributed by atoms with Crippen LogP contribution in [0.15, 0.2) is 53.9 Å². The number of ether oxygens (including phenoxy) is 1. The van der Waals surface area contributed by atoms with Gasteiger partial charge in [-0.05, 0) is 60.7 Å². The molecule has 0 fully saturated rings. The smallest absolute Gasteiger partial charge is 0.339 e. The molecule has 2 heterocycles. The number of rotatable bonds is 5. The Hall–Kier alpha value is -4.04. The van der Waals surface area contributed by atoms with E-state index in [0.29, 0.717) is 28.0 Å². The summed E-state index contributed by atoms with van der Waals surface area (Å²) in [5, 5.41) is 15.2. The number of carbonyl (C=O) groups is 2. The molecule has 0 saturated heterocycles. The van der Waals surface area contributed by atoms with Gasteiger partial charge in [0.25, 0.3) is 5.91 Å². The number of esters is 1. The average Bonchev–Trinajstić information content (AvgIpc) is 3.42. The fourth-order valence-electron chi connectivity index (χ4n) is 4.05. The predicted molar refractivity (Wildman–Crippen MR) is 132 cm³/mol. The highest BCUT2D eigenvalue weighted by atomic mass is 32.1. The molecule has 2 N–H and O–H groups in total. The number of pyridine rings is 1. The summed E-state index contributed by atoms with van der Waals surface area (Å²) in [6.45, 7) is 1.44. The van der Waals surface area contributed by atoms with Gasteiger partial charge in [-0.15, -0.1) is 11.3 Å². The number of anilines is 1. The van der Waals surface area contributed by atoms with Crippen molar-refractivity contribution < 1.29 is 19.4 Å². The predicted octanol–water partition coefficient (Wildman–Crippen LogP) is 4.99. The number of phenolic OH excluding ortho intramolecular Hbond substituents is 1. The first kappa shape index (κ1) is 21.8. The van der Waals surface area contributed by atoms with Crippen LogP contribution in [0.2, 0.25) is 0 Å². The molecule has 1 aliphatic rings. The monoisotopic (exact) mass is 471 g/mol. The lowest BCUT2D eigenvalue weighted by Crippen LogP contribution is -2.21. The number of aromatic hydroxyl groups is 1. The molecular weight excluding hydrogens is 450 g/mol. The number of amides is 1. The Morgan fingerprint density at radius 1 is 1.12 bits per heavy atom. The molecule has 0 atom stereocenters. The summed E-state index contributed by atoms with van der Waals surface area (Å²) in [5.41, 5.74) is 5.49. The van der Waals surface area contributed by atoms with Gasteiger partial charge in [0, 0.05) is 10.8 Å². The fraction of sp³-hybridized carbons (Fsp3) is 0.154. The van der Waals surface area contributed by atoms with E-state index in [1.54, 1.807) is 12.1 Å². The zero-order chi connectivity index (χ0) is 23.7. The Bertz CT molecular complexity index is 1440. The highest BCUT2D eigenvalue weighted by Gasteiger charge is 2.28. The Morgan fingerprint density at radius 2 is 1.91 bits per heavy atom. The largest absolute Gasteiger partial charge is 0.508 e. The van der Waals surface area contributed by atoms with Crippen molar-refractivity contribution in [1.82, 2.24) is 9.97 Å².